The quantitative estimate of drug-likeness (QED) is 0.0783. The van der Waals surface area contributed by atoms with Gasteiger partial charge in [-0.1, -0.05) is 123 Å². The SMILES string of the molecule is CCCCCC(C)CCCCCCCCCCCCCCCC(=O)OC(CC(=O)O)C[N+](C)(C)C. The van der Waals surface area contributed by atoms with Crippen LogP contribution >= 0.6 is 0 Å². The summed E-state index contributed by atoms with van der Waals surface area (Å²) in [5, 5.41) is 9.05. The van der Waals surface area contributed by atoms with Crippen LogP contribution in [0.3, 0.4) is 0 Å². The first-order chi connectivity index (χ1) is 16.6. The molecule has 0 aromatic rings. The molecule has 0 radical (unpaired) electrons. The Morgan fingerprint density at radius 2 is 1.14 bits per heavy atom. The average Bonchev–Trinajstić information content (AvgIpc) is 2.74. The molecule has 2 unspecified atom stereocenters. The van der Waals surface area contributed by atoms with Crippen molar-refractivity contribution in [2.24, 2.45) is 5.92 Å². The van der Waals surface area contributed by atoms with Gasteiger partial charge in [-0.25, -0.2) is 0 Å². The summed E-state index contributed by atoms with van der Waals surface area (Å²) in [5.74, 6) is -0.259. The van der Waals surface area contributed by atoms with Crippen LogP contribution in [-0.2, 0) is 14.3 Å². The summed E-state index contributed by atoms with van der Waals surface area (Å²) in [5.41, 5.74) is 0. The van der Waals surface area contributed by atoms with E-state index in [1.807, 2.05) is 21.1 Å². The van der Waals surface area contributed by atoms with Crippen LogP contribution in [-0.4, -0.2) is 55.3 Å². The van der Waals surface area contributed by atoms with Gasteiger partial charge in [0.2, 0.25) is 0 Å². The maximum Gasteiger partial charge on any atom is 0.307 e. The van der Waals surface area contributed by atoms with E-state index in [2.05, 4.69) is 13.8 Å². The number of quaternary nitrogens is 1. The first-order valence-electron chi connectivity index (χ1n) is 14.9. The van der Waals surface area contributed by atoms with Crippen LogP contribution in [0.1, 0.15) is 142 Å². The Labute approximate surface area is 218 Å². The molecule has 0 fully saturated rings. The van der Waals surface area contributed by atoms with Crippen LogP contribution in [0.2, 0.25) is 0 Å². The van der Waals surface area contributed by atoms with Crippen molar-refractivity contribution >= 4 is 11.9 Å². The first-order valence-corrected chi connectivity index (χ1v) is 14.9. The molecule has 0 heterocycles. The lowest BCUT2D eigenvalue weighted by molar-refractivity contribution is -0.873. The molecular weight excluding hydrogens is 438 g/mol. The largest absolute Gasteiger partial charge is 0.481 e. The molecule has 0 aliphatic carbocycles. The Morgan fingerprint density at radius 1 is 0.714 bits per heavy atom. The van der Waals surface area contributed by atoms with Gasteiger partial charge in [0.05, 0.1) is 27.6 Å². The van der Waals surface area contributed by atoms with Gasteiger partial charge in [-0.15, -0.1) is 0 Å². The van der Waals surface area contributed by atoms with E-state index in [0.717, 1.165) is 18.8 Å². The van der Waals surface area contributed by atoms with Gasteiger partial charge in [0.15, 0.2) is 6.10 Å². The van der Waals surface area contributed by atoms with E-state index in [4.69, 9.17) is 9.84 Å². The van der Waals surface area contributed by atoms with Crippen molar-refractivity contribution < 1.29 is 23.9 Å². The fraction of sp³-hybridized carbons (Fsp3) is 0.933. The second kappa shape index (κ2) is 22.1. The Morgan fingerprint density at radius 3 is 1.57 bits per heavy atom. The molecule has 0 aliphatic rings. The van der Waals surface area contributed by atoms with Crippen LogP contribution in [0.5, 0.6) is 0 Å². The monoisotopic (exact) mass is 498 g/mol. The van der Waals surface area contributed by atoms with Crippen molar-refractivity contribution in [1.82, 2.24) is 0 Å². The Bertz CT molecular complexity index is 515. The van der Waals surface area contributed by atoms with E-state index in [0.29, 0.717) is 17.4 Å². The Balaban J connectivity index is 3.50. The highest BCUT2D eigenvalue weighted by atomic mass is 16.5. The van der Waals surface area contributed by atoms with Gasteiger partial charge in [-0.2, -0.15) is 0 Å². The molecule has 0 saturated heterocycles. The molecule has 0 aliphatic heterocycles. The molecule has 1 N–H and O–H groups in total. The van der Waals surface area contributed by atoms with Gasteiger partial charge >= 0.3 is 11.9 Å². The van der Waals surface area contributed by atoms with E-state index in [-0.39, 0.29) is 12.4 Å². The van der Waals surface area contributed by atoms with E-state index in [1.165, 1.54) is 103 Å². The summed E-state index contributed by atoms with van der Waals surface area (Å²) in [6, 6.07) is 0. The zero-order chi connectivity index (χ0) is 26.4. The highest BCUT2D eigenvalue weighted by Crippen LogP contribution is 2.18. The van der Waals surface area contributed by atoms with Gasteiger partial charge < -0.3 is 14.3 Å². The predicted molar refractivity (Wildman–Crippen MR) is 148 cm³/mol. The predicted octanol–water partition coefficient (Wildman–Crippen LogP) is 8.15. The zero-order valence-electron chi connectivity index (χ0n) is 24.1. The summed E-state index contributed by atoms with van der Waals surface area (Å²) in [7, 11) is 5.92. The summed E-state index contributed by atoms with van der Waals surface area (Å²) < 4.78 is 6.02. The molecule has 0 saturated carbocycles. The topological polar surface area (TPSA) is 63.6 Å². The fourth-order valence-corrected chi connectivity index (χ4v) is 4.79. The number of carbonyl (C=O) groups excluding carboxylic acids is 1. The van der Waals surface area contributed by atoms with E-state index in [9.17, 15) is 9.59 Å². The molecule has 0 rings (SSSR count). The zero-order valence-corrected chi connectivity index (χ0v) is 24.1. The molecule has 2 atom stereocenters. The van der Waals surface area contributed by atoms with Crippen molar-refractivity contribution in [1.29, 1.82) is 0 Å². The maximum absolute atomic E-state index is 12.1. The highest BCUT2D eigenvalue weighted by Gasteiger charge is 2.24. The molecule has 0 spiro atoms. The summed E-state index contributed by atoms with van der Waals surface area (Å²) in [4.78, 5) is 23.1. The van der Waals surface area contributed by atoms with E-state index < -0.39 is 12.1 Å². The lowest BCUT2D eigenvalue weighted by Gasteiger charge is -2.28. The molecule has 0 aromatic heterocycles. The molecule has 0 aromatic carbocycles. The van der Waals surface area contributed by atoms with Crippen LogP contribution in [0.15, 0.2) is 0 Å². The van der Waals surface area contributed by atoms with Crippen LogP contribution in [0.4, 0.5) is 0 Å². The molecule has 5 nitrogen and oxygen atoms in total. The third-order valence-corrected chi connectivity index (χ3v) is 6.83. The Kier molecular flexibility index (Phi) is 21.4. The van der Waals surface area contributed by atoms with Gasteiger partial charge in [0.1, 0.15) is 6.54 Å². The molecule has 208 valence electrons. The third-order valence-electron chi connectivity index (χ3n) is 6.83. The van der Waals surface area contributed by atoms with Crippen LogP contribution < -0.4 is 0 Å². The van der Waals surface area contributed by atoms with Gasteiger partial charge in [-0.05, 0) is 12.3 Å². The number of nitrogens with zero attached hydrogens (tertiary/aromatic N) is 1. The fourth-order valence-electron chi connectivity index (χ4n) is 4.79. The molecule has 5 heteroatoms. The van der Waals surface area contributed by atoms with Crippen molar-refractivity contribution in [2.75, 3.05) is 27.7 Å². The molecule has 0 amide bonds. The standard InChI is InChI=1S/C30H59NO4/c1-6-7-19-22-27(2)23-20-17-15-13-11-9-8-10-12-14-16-18-21-24-30(34)35-28(25-29(32)33)26-31(3,4)5/h27-28H,6-26H2,1-5H3/p+1. The summed E-state index contributed by atoms with van der Waals surface area (Å²) in [6.07, 6.45) is 23.4. The molecular formula is C30H60NO4+. The number of aliphatic carboxylic acids is 1. The number of carbonyl (C=O) groups is 2. The number of esters is 1. The van der Waals surface area contributed by atoms with Crippen LogP contribution in [0.25, 0.3) is 0 Å². The number of hydrogen-bond acceptors (Lipinski definition) is 3. The molecule has 35 heavy (non-hydrogen) atoms. The second-order valence-electron chi connectivity index (χ2n) is 11.9. The number of carboxylic acids is 1. The molecule has 0 bridgehead atoms. The number of rotatable bonds is 25. The summed E-state index contributed by atoms with van der Waals surface area (Å²) in [6.45, 7) is 5.22. The minimum atomic E-state index is -0.922. The van der Waals surface area contributed by atoms with Gasteiger partial charge in [-0.3, -0.25) is 9.59 Å². The number of likely N-dealkylation sites (N-methyl/N-ethyl adjacent to an activating group) is 1. The van der Waals surface area contributed by atoms with Gasteiger partial charge in [0.25, 0.3) is 0 Å². The van der Waals surface area contributed by atoms with E-state index in [1.54, 1.807) is 0 Å². The average molecular weight is 499 g/mol. The normalized spacial score (nSPS) is 13.5. The van der Waals surface area contributed by atoms with Crippen molar-refractivity contribution in [3.63, 3.8) is 0 Å². The highest BCUT2D eigenvalue weighted by molar-refractivity contribution is 5.71. The van der Waals surface area contributed by atoms with Crippen molar-refractivity contribution in [3.05, 3.63) is 0 Å². The third kappa shape index (κ3) is 25.8. The minimum Gasteiger partial charge on any atom is -0.481 e. The van der Waals surface area contributed by atoms with Crippen LogP contribution in [0, 0.1) is 5.92 Å². The Hall–Kier alpha value is -1.10. The second-order valence-corrected chi connectivity index (χ2v) is 11.9. The van der Waals surface area contributed by atoms with Gasteiger partial charge in [0, 0.05) is 6.42 Å². The number of hydrogen-bond donors (Lipinski definition) is 1. The van der Waals surface area contributed by atoms with Crippen molar-refractivity contribution in [2.45, 2.75) is 148 Å². The number of ether oxygens (including phenoxy) is 1. The first kappa shape index (κ1) is 33.9. The maximum atomic E-state index is 12.1. The lowest BCUT2D eigenvalue weighted by atomic mass is 9.96. The number of carboxylic acid groups (broad SMARTS) is 1. The lowest BCUT2D eigenvalue weighted by Crippen LogP contribution is -2.43. The van der Waals surface area contributed by atoms with Crippen molar-refractivity contribution in [3.8, 4) is 0 Å². The van der Waals surface area contributed by atoms with E-state index >= 15 is 0 Å². The number of unbranched alkanes of at least 4 members (excludes halogenated alkanes) is 14. The summed E-state index contributed by atoms with van der Waals surface area (Å²) >= 11 is 0. The smallest absolute Gasteiger partial charge is 0.307 e. The minimum absolute atomic E-state index is 0.125.